The van der Waals surface area contributed by atoms with Crippen molar-refractivity contribution in [1.82, 2.24) is 10.6 Å². The molecule has 0 saturated heterocycles. The summed E-state index contributed by atoms with van der Waals surface area (Å²) < 4.78 is 0. The molecule has 88 valence electrons. The summed E-state index contributed by atoms with van der Waals surface area (Å²) in [6.07, 6.45) is 0. The molecule has 0 unspecified atom stereocenters. The van der Waals surface area contributed by atoms with E-state index in [1.807, 2.05) is 20.8 Å². The van der Waals surface area contributed by atoms with Crippen LogP contribution >= 0.6 is 0 Å². The number of aliphatic hydroxyl groups is 1. The molecule has 0 radical (unpaired) electrons. The van der Waals surface area contributed by atoms with E-state index in [4.69, 9.17) is 0 Å². The van der Waals surface area contributed by atoms with Gasteiger partial charge in [-0.15, -0.1) is 0 Å². The van der Waals surface area contributed by atoms with Gasteiger partial charge >= 0.3 is 0 Å². The van der Waals surface area contributed by atoms with Crippen LogP contribution in [-0.2, 0) is 9.59 Å². The van der Waals surface area contributed by atoms with Gasteiger partial charge in [-0.3, -0.25) is 9.59 Å². The van der Waals surface area contributed by atoms with E-state index in [9.17, 15) is 14.7 Å². The minimum Gasteiger partial charge on any atom is -0.381 e. The van der Waals surface area contributed by atoms with Crippen molar-refractivity contribution < 1.29 is 14.7 Å². The lowest BCUT2D eigenvalue weighted by atomic mass is 10.1. The molecule has 0 aromatic heterocycles. The second kappa shape index (κ2) is 4.61. The average molecular weight is 216 g/mol. The van der Waals surface area contributed by atoms with Crippen molar-refractivity contribution in [1.29, 1.82) is 0 Å². The predicted octanol–water partition coefficient (Wildman–Crippen LogP) is -0.212. The fourth-order valence-electron chi connectivity index (χ4n) is 0.839. The first-order valence-electron chi connectivity index (χ1n) is 4.84. The van der Waals surface area contributed by atoms with Crippen molar-refractivity contribution in [3.05, 3.63) is 0 Å². The number of hydrogen-bond donors (Lipinski definition) is 3. The third-order valence-electron chi connectivity index (χ3n) is 1.48. The Balaban J connectivity index is 3.98. The topological polar surface area (TPSA) is 78.4 Å². The molecular formula is C10H20N2O3. The van der Waals surface area contributed by atoms with Gasteiger partial charge in [0.05, 0.1) is 6.54 Å². The van der Waals surface area contributed by atoms with Gasteiger partial charge in [0.2, 0.25) is 5.91 Å². The second-order valence-corrected chi connectivity index (χ2v) is 5.04. The Morgan fingerprint density at radius 3 is 1.93 bits per heavy atom. The summed E-state index contributed by atoms with van der Waals surface area (Å²) in [5, 5.41) is 14.3. The molecule has 0 aromatic rings. The van der Waals surface area contributed by atoms with E-state index in [-0.39, 0.29) is 18.0 Å². The molecule has 0 rings (SSSR count). The van der Waals surface area contributed by atoms with Gasteiger partial charge < -0.3 is 15.7 Å². The number of hydrogen-bond acceptors (Lipinski definition) is 3. The molecule has 0 heterocycles. The molecule has 0 spiro atoms. The Hall–Kier alpha value is -1.10. The summed E-state index contributed by atoms with van der Waals surface area (Å²) in [7, 11) is 0. The van der Waals surface area contributed by atoms with Gasteiger partial charge in [-0.1, -0.05) is 0 Å². The van der Waals surface area contributed by atoms with E-state index in [2.05, 4.69) is 10.6 Å². The summed E-state index contributed by atoms with van der Waals surface area (Å²) in [6.45, 7) is 8.15. The summed E-state index contributed by atoms with van der Waals surface area (Å²) in [4.78, 5) is 22.5. The van der Waals surface area contributed by atoms with E-state index in [1.165, 1.54) is 13.8 Å². The Kier molecular flexibility index (Phi) is 4.27. The van der Waals surface area contributed by atoms with Gasteiger partial charge in [0.15, 0.2) is 0 Å². The van der Waals surface area contributed by atoms with E-state index >= 15 is 0 Å². The lowest BCUT2D eigenvalue weighted by Crippen LogP contribution is -2.49. The van der Waals surface area contributed by atoms with E-state index in [0.29, 0.717) is 0 Å². The van der Waals surface area contributed by atoms with Crippen LogP contribution in [0.4, 0.5) is 0 Å². The monoisotopic (exact) mass is 216 g/mol. The quantitative estimate of drug-likeness (QED) is 0.610. The molecule has 0 atom stereocenters. The highest BCUT2D eigenvalue weighted by Crippen LogP contribution is 2.00. The number of rotatable bonds is 3. The highest BCUT2D eigenvalue weighted by molar-refractivity contribution is 5.88. The smallest absolute Gasteiger partial charge is 0.251 e. The van der Waals surface area contributed by atoms with Gasteiger partial charge in [0.1, 0.15) is 5.60 Å². The molecule has 0 aliphatic heterocycles. The maximum Gasteiger partial charge on any atom is 0.251 e. The Bertz CT molecular complexity index is 248. The molecule has 5 heteroatoms. The van der Waals surface area contributed by atoms with Crippen LogP contribution in [0.15, 0.2) is 0 Å². The van der Waals surface area contributed by atoms with Crippen molar-refractivity contribution in [2.45, 2.75) is 45.8 Å². The Labute approximate surface area is 90.2 Å². The van der Waals surface area contributed by atoms with Crippen LogP contribution < -0.4 is 10.6 Å². The summed E-state index contributed by atoms with van der Waals surface area (Å²) in [5.74, 6) is -0.841. The normalized spacial score (nSPS) is 12.1. The molecule has 15 heavy (non-hydrogen) atoms. The first-order valence-corrected chi connectivity index (χ1v) is 4.84. The van der Waals surface area contributed by atoms with Gasteiger partial charge in [-0.2, -0.15) is 0 Å². The molecule has 2 amide bonds. The van der Waals surface area contributed by atoms with Crippen molar-refractivity contribution in [2.75, 3.05) is 6.54 Å². The van der Waals surface area contributed by atoms with Gasteiger partial charge in [-0.25, -0.2) is 0 Å². The highest BCUT2D eigenvalue weighted by atomic mass is 16.3. The lowest BCUT2D eigenvalue weighted by molar-refractivity contribution is -0.138. The zero-order valence-electron chi connectivity index (χ0n) is 9.97. The van der Waals surface area contributed by atoms with Crippen molar-refractivity contribution in [3.8, 4) is 0 Å². The van der Waals surface area contributed by atoms with Crippen molar-refractivity contribution >= 4 is 11.8 Å². The minimum atomic E-state index is -1.46. The van der Waals surface area contributed by atoms with Crippen molar-refractivity contribution in [2.24, 2.45) is 0 Å². The fraction of sp³-hybridized carbons (Fsp3) is 0.800. The Morgan fingerprint density at radius 1 is 1.13 bits per heavy atom. The number of nitrogens with one attached hydrogen (secondary N) is 2. The molecule has 0 aliphatic rings. The first kappa shape index (κ1) is 13.9. The SMILES string of the molecule is CC(C)(C)NC(=O)CNC(=O)C(C)(C)O. The molecule has 0 fully saturated rings. The maximum absolute atomic E-state index is 11.3. The second-order valence-electron chi connectivity index (χ2n) is 5.04. The van der Waals surface area contributed by atoms with Crippen LogP contribution in [0.25, 0.3) is 0 Å². The van der Waals surface area contributed by atoms with Gasteiger partial charge in [-0.05, 0) is 34.6 Å². The van der Waals surface area contributed by atoms with E-state index < -0.39 is 11.5 Å². The standard InChI is InChI=1S/C10H20N2O3/c1-9(2,3)12-7(13)6-11-8(14)10(4,5)15/h15H,6H2,1-5H3,(H,11,14)(H,12,13). The molecule has 0 aromatic carbocycles. The van der Waals surface area contributed by atoms with Gasteiger partial charge in [0, 0.05) is 5.54 Å². The lowest BCUT2D eigenvalue weighted by Gasteiger charge is -2.21. The number of carbonyl (C=O) groups is 2. The van der Waals surface area contributed by atoms with E-state index in [1.54, 1.807) is 0 Å². The zero-order valence-corrected chi connectivity index (χ0v) is 9.97. The largest absolute Gasteiger partial charge is 0.381 e. The van der Waals surface area contributed by atoms with Crippen LogP contribution in [0.1, 0.15) is 34.6 Å². The van der Waals surface area contributed by atoms with Crippen LogP contribution in [0.3, 0.4) is 0 Å². The van der Waals surface area contributed by atoms with E-state index in [0.717, 1.165) is 0 Å². The fourth-order valence-corrected chi connectivity index (χ4v) is 0.839. The van der Waals surface area contributed by atoms with Crippen molar-refractivity contribution in [3.63, 3.8) is 0 Å². The molecule has 5 nitrogen and oxygen atoms in total. The zero-order chi connectivity index (χ0) is 12.3. The van der Waals surface area contributed by atoms with Crippen LogP contribution in [0.2, 0.25) is 0 Å². The maximum atomic E-state index is 11.3. The predicted molar refractivity (Wildman–Crippen MR) is 57.2 cm³/mol. The van der Waals surface area contributed by atoms with Crippen LogP contribution in [0.5, 0.6) is 0 Å². The summed E-state index contributed by atoms with van der Waals surface area (Å²) in [6, 6.07) is 0. The van der Waals surface area contributed by atoms with Gasteiger partial charge in [0.25, 0.3) is 5.91 Å². The van der Waals surface area contributed by atoms with Crippen LogP contribution in [0, 0.1) is 0 Å². The minimum absolute atomic E-state index is 0.125. The summed E-state index contributed by atoms with van der Waals surface area (Å²) in [5.41, 5.74) is -1.78. The average Bonchev–Trinajstić information content (AvgIpc) is 1.94. The molecule has 0 aliphatic carbocycles. The third-order valence-corrected chi connectivity index (χ3v) is 1.48. The molecule has 0 bridgehead atoms. The first-order chi connectivity index (χ1) is 6.52. The number of carbonyl (C=O) groups excluding carboxylic acids is 2. The number of amides is 2. The summed E-state index contributed by atoms with van der Waals surface area (Å²) >= 11 is 0. The van der Waals surface area contributed by atoms with Crippen LogP contribution in [-0.4, -0.2) is 34.6 Å². The molecular weight excluding hydrogens is 196 g/mol. The Morgan fingerprint density at radius 2 is 1.60 bits per heavy atom. The highest BCUT2D eigenvalue weighted by Gasteiger charge is 2.24. The molecule has 3 N–H and O–H groups in total. The third kappa shape index (κ3) is 6.90. The molecule has 0 saturated carbocycles.